The molecule has 2 heterocycles. The van der Waals surface area contributed by atoms with Crippen molar-refractivity contribution in [2.45, 2.75) is 18.8 Å². The van der Waals surface area contributed by atoms with Crippen molar-refractivity contribution in [3.8, 4) is 0 Å². The first-order chi connectivity index (χ1) is 8.59. The molecule has 1 atom stereocenters. The number of rotatable bonds is 1. The van der Waals surface area contributed by atoms with E-state index in [2.05, 4.69) is 4.98 Å². The lowest BCUT2D eigenvalue weighted by molar-refractivity contribution is -0.127. The minimum atomic E-state index is -2.88. The van der Waals surface area contributed by atoms with Crippen LogP contribution < -0.4 is 0 Å². The van der Waals surface area contributed by atoms with Crippen molar-refractivity contribution in [3.63, 3.8) is 0 Å². The van der Waals surface area contributed by atoms with Crippen LogP contribution in [0.4, 0.5) is 0 Å². The Labute approximate surface area is 85.8 Å². The zero-order valence-electron chi connectivity index (χ0n) is 12.8. The van der Waals surface area contributed by atoms with Gasteiger partial charge in [0.1, 0.15) is 0 Å². The Morgan fingerprint density at radius 1 is 1.92 bits per heavy atom. The van der Waals surface area contributed by atoms with Gasteiger partial charge < -0.3 is 4.90 Å². The molecule has 1 aromatic rings. The van der Waals surface area contributed by atoms with Crippen molar-refractivity contribution in [2.24, 2.45) is 0 Å². The first-order valence-electron chi connectivity index (χ1n) is 6.84. The zero-order valence-corrected chi connectivity index (χ0v) is 6.82. The highest BCUT2D eigenvalue weighted by molar-refractivity contribution is 5.78. The molecule has 0 radical (unpaired) electrons. The fourth-order valence-electron chi connectivity index (χ4n) is 1.20. The zero-order chi connectivity index (χ0) is 14.5. The van der Waals surface area contributed by atoms with Crippen LogP contribution in [-0.4, -0.2) is 22.8 Å². The highest BCUT2D eigenvalue weighted by atomic mass is 16.2. The quantitative estimate of drug-likeness (QED) is 0.657. The highest BCUT2D eigenvalue weighted by Crippen LogP contribution is 2.30. The van der Waals surface area contributed by atoms with Crippen molar-refractivity contribution < 1.29 is 13.0 Å². The van der Waals surface area contributed by atoms with Crippen molar-refractivity contribution >= 4 is 5.91 Å². The molecule has 2 rings (SSSR count). The third-order valence-corrected chi connectivity index (χ3v) is 1.87. The van der Waals surface area contributed by atoms with Crippen LogP contribution in [0.15, 0.2) is 24.5 Å². The van der Waals surface area contributed by atoms with Gasteiger partial charge in [-0.25, -0.2) is 0 Å². The molecular weight excluding hydrogens is 164 g/mol. The predicted molar refractivity (Wildman–Crippen MR) is 49.0 cm³/mol. The van der Waals surface area contributed by atoms with E-state index in [0.29, 0.717) is 4.90 Å². The van der Waals surface area contributed by atoms with E-state index < -0.39 is 31.7 Å². The summed E-state index contributed by atoms with van der Waals surface area (Å²) in [5.41, 5.74) is 0.181. The van der Waals surface area contributed by atoms with Gasteiger partial charge in [0.2, 0.25) is 5.91 Å². The van der Waals surface area contributed by atoms with E-state index in [1.165, 1.54) is 24.5 Å². The van der Waals surface area contributed by atoms with Crippen LogP contribution in [0.5, 0.6) is 0 Å². The number of hydrogen-bond donors (Lipinski definition) is 0. The highest BCUT2D eigenvalue weighted by Gasteiger charge is 2.28. The van der Waals surface area contributed by atoms with E-state index in [4.69, 9.17) is 8.22 Å². The maximum atomic E-state index is 11.9. The molecule has 3 heteroatoms. The second kappa shape index (κ2) is 3.17. The summed E-state index contributed by atoms with van der Waals surface area (Å²) in [6.45, 7) is -2.88. The second-order valence-electron chi connectivity index (χ2n) is 2.68. The lowest BCUT2D eigenvalue weighted by Crippen LogP contribution is -2.22. The number of aromatic nitrogens is 1. The minimum Gasteiger partial charge on any atom is -0.339 e. The Morgan fingerprint density at radius 3 is 3.54 bits per heavy atom. The van der Waals surface area contributed by atoms with Crippen LogP contribution in [-0.2, 0) is 4.79 Å². The number of likely N-dealkylation sites (tertiary alicyclic amines) is 1. The van der Waals surface area contributed by atoms with E-state index in [-0.39, 0.29) is 5.56 Å². The van der Waals surface area contributed by atoms with E-state index >= 15 is 0 Å². The number of hydrogen-bond acceptors (Lipinski definition) is 2. The molecule has 1 aliphatic rings. The Bertz CT molecular complexity index is 502. The molecule has 0 bridgehead atoms. The largest absolute Gasteiger partial charge is 0.339 e. The molecule has 0 N–H and O–H groups in total. The monoisotopic (exact) mass is 182 g/mol. The molecule has 0 aliphatic carbocycles. The molecule has 13 heavy (non-hydrogen) atoms. The maximum absolute atomic E-state index is 11.9. The van der Waals surface area contributed by atoms with Crippen LogP contribution in [0.2, 0.25) is 0 Å². The Morgan fingerprint density at radius 2 is 2.85 bits per heavy atom. The average molecular weight is 182 g/mol. The molecule has 1 fully saturated rings. The number of pyridine rings is 1. The number of carbonyl (C=O) groups is 1. The van der Waals surface area contributed by atoms with Crippen molar-refractivity contribution in [2.75, 3.05) is 6.98 Å². The van der Waals surface area contributed by atoms with Gasteiger partial charge in [-0.15, -0.1) is 0 Å². The molecule has 0 spiro atoms. The summed E-state index contributed by atoms with van der Waals surface area (Å²) in [7, 11) is 0. The molecular formula is C10H12N2O. The molecule has 3 nitrogen and oxygen atoms in total. The fraction of sp³-hybridized carbons (Fsp3) is 0.400. The minimum absolute atomic E-state index is 0.181. The SMILES string of the molecule is [2H]C1([2H])CC([2H])(c2cccnc2)N(C([2H])([2H])[2H])C1=O. The van der Waals surface area contributed by atoms with Crippen molar-refractivity contribution in [3.05, 3.63) is 30.1 Å². The molecule has 1 aromatic heterocycles. The van der Waals surface area contributed by atoms with Crippen LogP contribution in [0.25, 0.3) is 0 Å². The number of nitrogens with zero attached hydrogens (tertiary/aromatic N) is 2. The molecule has 68 valence electrons. The molecule has 1 amide bonds. The molecule has 1 unspecified atom stereocenters. The van der Waals surface area contributed by atoms with Crippen molar-refractivity contribution in [1.29, 1.82) is 0 Å². The van der Waals surface area contributed by atoms with Crippen molar-refractivity contribution in [1.82, 2.24) is 9.88 Å². The van der Waals surface area contributed by atoms with Crippen LogP contribution in [0, 0.1) is 0 Å². The normalized spacial score (nSPS) is 39.7. The van der Waals surface area contributed by atoms with Crippen LogP contribution >= 0.6 is 0 Å². The van der Waals surface area contributed by atoms with Crippen LogP contribution in [0.1, 0.15) is 32.6 Å². The third kappa shape index (κ3) is 1.41. The fourth-order valence-corrected chi connectivity index (χ4v) is 1.20. The topological polar surface area (TPSA) is 33.2 Å². The number of amides is 1. The summed E-state index contributed by atoms with van der Waals surface area (Å²) in [5.74, 6) is -1.19. The predicted octanol–water partition coefficient (Wildman–Crippen LogP) is 1.37. The second-order valence-corrected chi connectivity index (χ2v) is 2.68. The van der Waals surface area contributed by atoms with E-state index in [9.17, 15) is 4.79 Å². The van der Waals surface area contributed by atoms with E-state index in [1.807, 2.05) is 0 Å². The van der Waals surface area contributed by atoms with Gasteiger partial charge in [0, 0.05) is 32.6 Å². The van der Waals surface area contributed by atoms with Crippen LogP contribution in [0.3, 0.4) is 0 Å². The molecule has 0 saturated carbocycles. The third-order valence-electron chi connectivity index (χ3n) is 1.87. The first-order valence-corrected chi connectivity index (χ1v) is 3.84. The smallest absolute Gasteiger partial charge is 0.222 e. The summed E-state index contributed by atoms with van der Waals surface area (Å²) in [6, 6.07) is 1.01. The van der Waals surface area contributed by atoms with Gasteiger partial charge in [-0.2, -0.15) is 0 Å². The lowest BCUT2D eigenvalue weighted by atomic mass is 10.1. The standard InChI is InChI=1S/C10H12N2O/c1-12-9(4-5-10(12)13)8-3-2-6-11-7-8/h2-3,6-7,9H,4-5H2,1H3/i1D3,5D2,9D. The van der Waals surface area contributed by atoms with Gasteiger partial charge in [-0.3, -0.25) is 9.78 Å². The van der Waals surface area contributed by atoms with E-state index in [1.54, 1.807) is 0 Å². The summed E-state index contributed by atoms with van der Waals surface area (Å²) < 4.78 is 45.6. The molecule has 1 saturated heterocycles. The summed E-state index contributed by atoms with van der Waals surface area (Å²) >= 11 is 0. The van der Waals surface area contributed by atoms with E-state index in [0.717, 1.165) is 0 Å². The summed E-state index contributed by atoms with van der Waals surface area (Å²) in [4.78, 5) is 16.0. The van der Waals surface area contributed by atoms with Gasteiger partial charge in [-0.05, 0) is 18.1 Å². The molecule has 1 aliphatic heterocycles. The Balaban J connectivity index is 2.58. The van der Waals surface area contributed by atoms with Gasteiger partial charge in [0.25, 0.3) is 0 Å². The summed E-state index contributed by atoms with van der Waals surface area (Å²) in [5, 5.41) is 0. The lowest BCUT2D eigenvalue weighted by Gasteiger charge is -2.19. The van der Waals surface area contributed by atoms with Gasteiger partial charge in [-0.1, -0.05) is 6.07 Å². The maximum Gasteiger partial charge on any atom is 0.222 e. The Hall–Kier alpha value is -1.38. The summed E-state index contributed by atoms with van der Waals surface area (Å²) in [6.07, 6.45) is -0.173. The number of carbonyl (C=O) groups excluding carboxylic acids is 1. The van der Waals surface area contributed by atoms with Gasteiger partial charge in [0.15, 0.2) is 0 Å². The van der Waals surface area contributed by atoms with Gasteiger partial charge in [0.05, 0.1) is 7.39 Å². The Kier molecular flexibility index (Phi) is 0.920. The van der Waals surface area contributed by atoms with Gasteiger partial charge >= 0.3 is 0 Å². The molecule has 0 aromatic carbocycles. The first kappa shape index (κ1) is 3.78. The average Bonchev–Trinajstić information content (AvgIpc) is 2.46.